The van der Waals surface area contributed by atoms with Crippen molar-refractivity contribution in [2.75, 3.05) is 6.54 Å². The number of amides is 2. The second-order valence-corrected chi connectivity index (χ2v) is 10.3. The van der Waals surface area contributed by atoms with Gasteiger partial charge in [0.2, 0.25) is 11.8 Å². The minimum absolute atomic E-state index is 0.0185. The lowest BCUT2D eigenvalue weighted by molar-refractivity contribution is -0.127. The van der Waals surface area contributed by atoms with Gasteiger partial charge in [-0.25, -0.2) is 0 Å². The summed E-state index contributed by atoms with van der Waals surface area (Å²) >= 11 is 6.04. The Morgan fingerprint density at radius 3 is 1.94 bits per heavy atom. The molecular formula is C30H32ClN3O2. The molecule has 2 N–H and O–H groups in total. The molecule has 0 saturated carbocycles. The molecule has 3 atom stereocenters. The Balaban J connectivity index is 1.15. The molecule has 36 heavy (non-hydrogen) atoms. The lowest BCUT2D eigenvalue weighted by Crippen LogP contribution is -2.51. The van der Waals surface area contributed by atoms with Crippen LogP contribution in [-0.4, -0.2) is 41.4 Å². The SMILES string of the molecule is O=C(CNC(=O)C(c1ccccc1)c1ccccc1)N[C@H]1C[C@H]2CC[C@@H](C1)N2Cc1ccc(Cl)cc1. The molecule has 3 aromatic rings. The molecule has 2 amide bonds. The molecule has 2 saturated heterocycles. The zero-order valence-corrected chi connectivity index (χ0v) is 21.0. The monoisotopic (exact) mass is 501 g/mol. The van der Waals surface area contributed by atoms with E-state index in [1.165, 1.54) is 5.56 Å². The van der Waals surface area contributed by atoms with E-state index in [9.17, 15) is 9.59 Å². The Kier molecular flexibility index (Phi) is 7.69. The summed E-state index contributed by atoms with van der Waals surface area (Å²) in [6, 6.07) is 28.6. The number of nitrogens with one attached hydrogen (secondary N) is 2. The van der Waals surface area contributed by atoms with Crippen LogP contribution in [0.15, 0.2) is 84.9 Å². The predicted octanol–water partition coefficient (Wildman–Crippen LogP) is 4.90. The van der Waals surface area contributed by atoms with Gasteiger partial charge in [-0.1, -0.05) is 84.4 Å². The molecular weight excluding hydrogens is 470 g/mol. The summed E-state index contributed by atoms with van der Waals surface area (Å²) < 4.78 is 0. The summed E-state index contributed by atoms with van der Waals surface area (Å²) in [6.45, 7) is 0.902. The fraction of sp³-hybridized carbons (Fsp3) is 0.333. The summed E-state index contributed by atoms with van der Waals surface area (Å²) in [4.78, 5) is 28.6. The summed E-state index contributed by atoms with van der Waals surface area (Å²) in [7, 11) is 0. The molecule has 0 aromatic heterocycles. The molecule has 2 aliphatic heterocycles. The van der Waals surface area contributed by atoms with E-state index >= 15 is 0 Å². The van der Waals surface area contributed by atoms with Gasteiger partial charge in [-0.3, -0.25) is 14.5 Å². The van der Waals surface area contributed by atoms with Crippen LogP contribution >= 0.6 is 11.6 Å². The number of hydrogen-bond acceptors (Lipinski definition) is 3. The van der Waals surface area contributed by atoms with E-state index in [1.54, 1.807) is 0 Å². The quantitative estimate of drug-likeness (QED) is 0.461. The summed E-state index contributed by atoms with van der Waals surface area (Å²) in [5.41, 5.74) is 3.09. The smallest absolute Gasteiger partial charge is 0.239 e. The second-order valence-electron chi connectivity index (χ2n) is 9.89. The van der Waals surface area contributed by atoms with Crippen LogP contribution < -0.4 is 10.6 Å². The van der Waals surface area contributed by atoms with Gasteiger partial charge in [-0.15, -0.1) is 0 Å². The lowest BCUT2D eigenvalue weighted by atomic mass is 9.90. The van der Waals surface area contributed by atoms with E-state index in [4.69, 9.17) is 11.6 Å². The number of piperidine rings is 1. The van der Waals surface area contributed by atoms with Crippen molar-refractivity contribution < 1.29 is 9.59 Å². The van der Waals surface area contributed by atoms with Crippen LogP contribution in [0.25, 0.3) is 0 Å². The highest BCUT2D eigenvalue weighted by atomic mass is 35.5. The van der Waals surface area contributed by atoms with Gasteiger partial charge < -0.3 is 10.6 Å². The number of halogens is 1. The van der Waals surface area contributed by atoms with Crippen molar-refractivity contribution >= 4 is 23.4 Å². The molecule has 0 radical (unpaired) electrons. The van der Waals surface area contributed by atoms with E-state index < -0.39 is 5.92 Å². The van der Waals surface area contributed by atoms with Crippen molar-refractivity contribution in [1.82, 2.24) is 15.5 Å². The van der Waals surface area contributed by atoms with Crippen molar-refractivity contribution in [2.24, 2.45) is 0 Å². The number of hydrogen-bond donors (Lipinski definition) is 2. The third kappa shape index (κ3) is 5.80. The van der Waals surface area contributed by atoms with Crippen LogP contribution in [0.2, 0.25) is 5.02 Å². The lowest BCUT2D eigenvalue weighted by Gasteiger charge is -2.39. The average molecular weight is 502 g/mol. The first kappa shape index (κ1) is 24.5. The van der Waals surface area contributed by atoms with E-state index in [-0.39, 0.29) is 24.4 Å². The Labute approximate surface area is 217 Å². The van der Waals surface area contributed by atoms with Crippen molar-refractivity contribution in [3.63, 3.8) is 0 Å². The Morgan fingerprint density at radius 1 is 0.833 bits per heavy atom. The molecule has 5 nitrogen and oxygen atoms in total. The molecule has 5 rings (SSSR count). The first-order valence-corrected chi connectivity index (χ1v) is 13.1. The van der Waals surface area contributed by atoms with Crippen LogP contribution in [0.5, 0.6) is 0 Å². The molecule has 2 heterocycles. The van der Waals surface area contributed by atoms with E-state index in [1.807, 2.05) is 72.8 Å². The second kappa shape index (κ2) is 11.3. The molecule has 2 bridgehead atoms. The molecule has 2 fully saturated rings. The van der Waals surface area contributed by atoms with Crippen LogP contribution in [-0.2, 0) is 16.1 Å². The fourth-order valence-electron chi connectivity index (χ4n) is 5.79. The zero-order chi connectivity index (χ0) is 24.9. The molecule has 3 aromatic carbocycles. The van der Waals surface area contributed by atoms with Gasteiger partial charge in [0.25, 0.3) is 0 Å². The highest BCUT2D eigenvalue weighted by Gasteiger charge is 2.40. The summed E-state index contributed by atoms with van der Waals surface area (Å²) in [6.07, 6.45) is 4.22. The number of carbonyl (C=O) groups excluding carboxylic acids is 2. The van der Waals surface area contributed by atoms with Gasteiger partial charge >= 0.3 is 0 Å². The van der Waals surface area contributed by atoms with Gasteiger partial charge in [-0.05, 0) is 54.5 Å². The highest BCUT2D eigenvalue weighted by Crippen LogP contribution is 2.37. The number of rotatable bonds is 8. The Morgan fingerprint density at radius 2 is 1.39 bits per heavy atom. The van der Waals surface area contributed by atoms with Gasteiger partial charge in [0.05, 0.1) is 12.5 Å². The fourth-order valence-corrected chi connectivity index (χ4v) is 5.91. The van der Waals surface area contributed by atoms with Gasteiger partial charge in [0, 0.05) is 29.7 Å². The number of nitrogens with zero attached hydrogens (tertiary/aromatic N) is 1. The first-order valence-electron chi connectivity index (χ1n) is 12.7. The van der Waals surface area contributed by atoms with Crippen molar-refractivity contribution in [1.29, 1.82) is 0 Å². The third-order valence-electron chi connectivity index (χ3n) is 7.48. The van der Waals surface area contributed by atoms with E-state index in [0.29, 0.717) is 12.1 Å². The largest absolute Gasteiger partial charge is 0.352 e. The summed E-state index contributed by atoms with van der Waals surface area (Å²) in [5, 5.41) is 6.83. The topological polar surface area (TPSA) is 61.4 Å². The van der Waals surface area contributed by atoms with Crippen LogP contribution in [0, 0.1) is 0 Å². The normalized spacial score (nSPS) is 21.3. The van der Waals surface area contributed by atoms with Gasteiger partial charge in [-0.2, -0.15) is 0 Å². The van der Waals surface area contributed by atoms with Gasteiger partial charge in [0.15, 0.2) is 0 Å². The molecule has 0 aliphatic carbocycles. The molecule has 186 valence electrons. The third-order valence-corrected chi connectivity index (χ3v) is 7.73. The number of fused-ring (bicyclic) bond motifs is 2. The van der Waals surface area contributed by atoms with Crippen molar-refractivity contribution in [3.05, 3.63) is 107 Å². The average Bonchev–Trinajstić information content (AvgIpc) is 3.12. The predicted molar refractivity (Wildman–Crippen MR) is 143 cm³/mol. The Bertz CT molecular complexity index is 1120. The highest BCUT2D eigenvalue weighted by molar-refractivity contribution is 6.30. The van der Waals surface area contributed by atoms with Crippen LogP contribution in [0.4, 0.5) is 0 Å². The molecule has 6 heteroatoms. The molecule has 2 aliphatic rings. The van der Waals surface area contributed by atoms with E-state index in [2.05, 4.69) is 27.7 Å². The minimum Gasteiger partial charge on any atom is -0.352 e. The molecule has 0 spiro atoms. The Hall–Kier alpha value is -3.15. The standard InChI is InChI=1S/C30H32ClN3O2/c31-24-13-11-21(12-14-24)20-34-26-15-16-27(34)18-25(17-26)33-28(35)19-32-30(36)29(22-7-3-1-4-8-22)23-9-5-2-6-10-23/h1-14,25-27,29H,15-20H2,(H,32,36)(H,33,35)/t25-,26+,27-. The first-order chi connectivity index (χ1) is 17.6. The maximum Gasteiger partial charge on any atom is 0.239 e. The minimum atomic E-state index is -0.452. The van der Waals surface area contributed by atoms with Crippen molar-refractivity contribution in [3.8, 4) is 0 Å². The van der Waals surface area contributed by atoms with Crippen LogP contribution in [0.3, 0.4) is 0 Å². The number of carbonyl (C=O) groups is 2. The molecule has 0 unspecified atom stereocenters. The summed E-state index contributed by atoms with van der Waals surface area (Å²) in [5.74, 6) is -0.744. The van der Waals surface area contributed by atoms with Crippen molar-refractivity contribution in [2.45, 2.75) is 56.3 Å². The maximum absolute atomic E-state index is 13.2. The zero-order valence-electron chi connectivity index (χ0n) is 20.3. The van der Waals surface area contributed by atoms with Gasteiger partial charge in [0.1, 0.15) is 0 Å². The van der Waals surface area contributed by atoms with E-state index in [0.717, 1.165) is 48.4 Å². The van der Waals surface area contributed by atoms with Crippen LogP contribution in [0.1, 0.15) is 48.3 Å². The number of benzene rings is 3. The maximum atomic E-state index is 13.2.